The topological polar surface area (TPSA) is 87.8 Å². The van der Waals surface area contributed by atoms with Crippen LogP contribution in [0.3, 0.4) is 0 Å². The van der Waals surface area contributed by atoms with Gasteiger partial charge < -0.3 is 19.9 Å². The number of rotatable bonds is 7. The van der Waals surface area contributed by atoms with Crippen molar-refractivity contribution < 1.29 is 22.6 Å². The van der Waals surface area contributed by atoms with E-state index in [1.54, 1.807) is 12.1 Å². The van der Waals surface area contributed by atoms with Gasteiger partial charge in [0.15, 0.2) is 21.3 Å². The zero-order valence-electron chi connectivity index (χ0n) is 16.1. The third kappa shape index (κ3) is 2.98. The summed E-state index contributed by atoms with van der Waals surface area (Å²) in [4.78, 5) is 0.320. The van der Waals surface area contributed by atoms with Crippen molar-refractivity contribution in [2.75, 3.05) is 26.6 Å². The van der Waals surface area contributed by atoms with Gasteiger partial charge in [0, 0.05) is 24.5 Å². The molecular weight excluding hydrogens is 378 g/mol. The van der Waals surface area contributed by atoms with Crippen LogP contribution >= 0.6 is 0 Å². The van der Waals surface area contributed by atoms with E-state index in [1.807, 2.05) is 44.2 Å². The first-order chi connectivity index (χ1) is 13.4. The van der Waals surface area contributed by atoms with E-state index < -0.39 is 20.5 Å². The van der Waals surface area contributed by atoms with Crippen molar-refractivity contribution in [3.8, 4) is 11.5 Å². The van der Waals surface area contributed by atoms with Gasteiger partial charge in [-0.05, 0) is 43.7 Å². The van der Waals surface area contributed by atoms with Crippen LogP contribution in [0.4, 0.5) is 0 Å². The molecule has 2 N–H and O–H groups in total. The Labute approximate surface area is 165 Å². The van der Waals surface area contributed by atoms with E-state index in [-0.39, 0.29) is 19.3 Å². The molecule has 0 saturated heterocycles. The van der Waals surface area contributed by atoms with Gasteiger partial charge in [0.1, 0.15) is 0 Å². The van der Waals surface area contributed by atoms with Gasteiger partial charge in [-0.2, -0.15) is 0 Å². The minimum atomic E-state index is -3.58. The van der Waals surface area contributed by atoms with Crippen molar-refractivity contribution in [3.63, 3.8) is 0 Å². The summed E-state index contributed by atoms with van der Waals surface area (Å²) in [5.74, 6) is 1.05. The smallest absolute Gasteiger partial charge is 0.231 e. The fourth-order valence-electron chi connectivity index (χ4n) is 4.20. The highest BCUT2D eigenvalue weighted by atomic mass is 32.2. The summed E-state index contributed by atoms with van der Waals surface area (Å²) in [6.07, 6.45) is 0. The summed E-state index contributed by atoms with van der Waals surface area (Å²) in [7, 11) is -3.58. The minimum Gasteiger partial charge on any atom is -0.454 e. The molecular formula is C21H25NO5S. The molecule has 0 spiro atoms. The molecule has 0 radical (unpaired) electrons. The van der Waals surface area contributed by atoms with Crippen LogP contribution in [0.25, 0.3) is 0 Å². The van der Waals surface area contributed by atoms with E-state index in [9.17, 15) is 8.42 Å². The Morgan fingerprint density at radius 2 is 1.86 bits per heavy atom. The van der Waals surface area contributed by atoms with E-state index in [2.05, 4.69) is 0 Å². The van der Waals surface area contributed by atoms with E-state index in [4.69, 9.17) is 19.9 Å². The summed E-state index contributed by atoms with van der Waals surface area (Å²) in [5, 5.41) is -0.639. The third-order valence-electron chi connectivity index (χ3n) is 5.77. The highest BCUT2D eigenvalue weighted by molar-refractivity contribution is 7.92. The molecule has 3 atom stereocenters. The van der Waals surface area contributed by atoms with Gasteiger partial charge in [-0.25, -0.2) is 8.42 Å². The van der Waals surface area contributed by atoms with E-state index in [1.165, 1.54) is 0 Å². The quantitative estimate of drug-likeness (QED) is 0.765. The second-order valence-corrected chi connectivity index (χ2v) is 9.51. The first kappa shape index (κ1) is 19.2. The van der Waals surface area contributed by atoms with Crippen LogP contribution in [-0.2, 0) is 14.6 Å². The van der Waals surface area contributed by atoms with Gasteiger partial charge in [0.05, 0.1) is 16.8 Å². The van der Waals surface area contributed by atoms with Gasteiger partial charge in [0.25, 0.3) is 0 Å². The number of nitrogens with two attached hydrogens (primary N) is 1. The Hall–Kier alpha value is -2.09. The lowest BCUT2D eigenvalue weighted by Crippen LogP contribution is -2.29. The van der Waals surface area contributed by atoms with Gasteiger partial charge in [-0.3, -0.25) is 0 Å². The van der Waals surface area contributed by atoms with Gasteiger partial charge in [0.2, 0.25) is 6.79 Å². The monoisotopic (exact) mass is 403 g/mol. The lowest BCUT2D eigenvalue weighted by Gasteiger charge is -2.16. The average Bonchev–Trinajstić information content (AvgIpc) is 3.15. The number of hydrogen-bond donors (Lipinski definition) is 1. The number of fused-ring (bicyclic) bond motifs is 1. The fourth-order valence-corrected chi connectivity index (χ4v) is 6.64. The van der Waals surface area contributed by atoms with Crippen molar-refractivity contribution in [2.24, 2.45) is 11.1 Å². The maximum atomic E-state index is 13.5. The lowest BCUT2D eigenvalue weighted by atomic mass is 9.99. The SMILES string of the molecule is CCOC[C@]1(CN)[C@@H](c2ccc3c(c2)OCO3)[C@@H]1S(=O)(=O)c1ccc(C)cc1. The standard InChI is InChI=1S/C21H25NO5S/c1-3-25-12-21(11-22)19(15-6-9-17-18(10-15)27-13-26-17)20(21)28(23,24)16-7-4-14(2)5-8-16/h4-10,19-20H,3,11-13,22H2,1-2H3/t19-,20-,21+/m0/s1. The van der Waals surface area contributed by atoms with Crippen LogP contribution < -0.4 is 15.2 Å². The lowest BCUT2D eigenvalue weighted by molar-refractivity contribution is 0.101. The minimum absolute atomic E-state index is 0.176. The van der Waals surface area contributed by atoms with Crippen LogP contribution in [0.2, 0.25) is 0 Å². The van der Waals surface area contributed by atoms with Crippen LogP contribution in [0.1, 0.15) is 24.0 Å². The molecule has 150 valence electrons. The summed E-state index contributed by atoms with van der Waals surface area (Å²) in [6, 6.07) is 12.6. The van der Waals surface area contributed by atoms with E-state index in [0.717, 1.165) is 11.1 Å². The zero-order valence-corrected chi connectivity index (χ0v) is 16.9. The van der Waals surface area contributed by atoms with Crippen LogP contribution in [0, 0.1) is 12.3 Å². The molecule has 6 nitrogen and oxygen atoms in total. The average molecular weight is 404 g/mol. The molecule has 1 aliphatic carbocycles. The third-order valence-corrected chi connectivity index (χ3v) is 8.11. The molecule has 1 fully saturated rings. The predicted molar refractivity (Wildman–Crippen MR) is 105 cm³/mol. The normalized spacial score (nSPS) is 25.7. The summed E-state index contributed by atoms with van der Waals surface area (Å²) in [6.45, 7) is 5.03. The molecule has 28 heavy (non-hydrogen) atoms. The van der Waals surface area contributed by atoms with Crippen LogP contribution in [-0.4, -0.2) is 40.2 Å². The van der Waals surface area contributed by atoms with Crippen molar-refractivity contribution in [1.82, 2.24) is 0 Å². The van der Waals surface area contributed by atoms with E-state index in [0.29, 0.717) is 29.6 Å². The molecule has 2 aliphatic rings. The fraction of sp³-hybridized carbons (Fsp3) is 0.429. The Morgan fingerprint density at radius 1 is 1.14 bits per heavy atom. The van der Waals surface area contributed by atoms with Crippen molar-refractivity contribution in [2.45, 2.75) is 29.9 Å². The van der Waals surface area contributed by atoms with Gasteiger partial charge in [-0.15, -0.1) is 0 Å². The molecule has 2 aromatic rings. The van der Waals surface area contributed by atoms with Gasteiger partial charge in [-0.1, -0.05) is 23.8 Å². The number of sulfone groups is 1. The maximum absolute atomic E-state index is 13.5. The molecule has 1 saturated carbocycles. The molecule has 1 aliphatic heterocycles. The molecule has 4 rings (SSSR count). The Morgan fingerprint density at radius 3 is 2.54 bits per heavy atom. The molecule has 1 heterocycles. The first-order valence-corrected chi connectivity index (χ1v) is 11.0. The van der Waals surface area contributed by atoms with Gasteiger partial charge >= 0.3 is 0 Å². The largest absolute Gasteiger partial charge is 0.454 e. The van der Waals surface area contributed by atoms with Crippen molar-refractivity contribution in [1.29, 1.82) is 0 Å². The second kappa shape index (κ2) is 7.06. The molecule has 0 bridgehead atoms. The van der Waals surface area contributed by atoms with E-state index >= 15 is 0 Å². The highest BCUT2D eigenvalue weighted by Crippen LogP contribution is 2.64. The molecule has 0 amide bonds. The number of ether oxygens (including phenoxy) is 3. The van der Waals surface area contributed by atoms with Crippen molar-refractivity contribution >= 4 is 9.84 Å². The molecule has 0 unspecified atom stereocenters. The highest BCUT2D eigenvalue weighted by Gasteiger charge is 2.70. The summed E-state index contributed by atoms with van der Waals surface area (Å²) < 4.78 is 43.5. The Balaban J connectivity index is 1.75. The second-order valence-electron chi connectivity index (χ2n) is 7.44. The number of hydrogen-bond acceptors (Lipinski definition) is 6. The first-order valence-electron chi connectivity index (χ1n) is 9.42. The number of benzene rings is 2. The van der Waals surface area contributed by atoms with Crippen molar-refractivity contribution in [3.05, 3.63) is 53.6 Å². The summed E-state index contributed by atoms with van der Waals surface area (Å²) >= 11 is 0. The summed E-state index contributed by atoms with van der Waals surface area (Å²) in [5.41, 5.74) is 7.38. The number of aryl methyl sites for hydroxylation is 1. The van der Waals surface area contributed by atoms with Crippen LogP contribution in [0.15, 0.2) is 47.4 Å². The maximum Gasteiger partial charge on any atom is 0.231 e. The predicted octanol–water partition coefficient (Wildman–Crippen LogP) is 2.65. The molecule has 0 aromatic heterocycles. The Kier molecular flexibility index (Phi) is 4.85. The molecule has 2 aromatic carbocycles. The van der Waals surface area contributed by atoms with Crippen LogP contribution in [0.5, 0.6) is 11.5 Å². The Bertz CT molecular complexity index is 973. The zero-order chi connectivity index (χ0) is 19.9. The molecule has 7 heteroatoms.